The molecule has 1 aliphatic rings. The average Bonchev–Trinajstić information content (AvgIpc) is 2.79. The molecule has 0 aliphatic carbocycles. The van der Waals surface area contributed by atoms with Gasteiger partial charge < -0.3 is 14.4 Å². The molecule has 0 aromatic heterocycles. The van der Waals surface area contributed by atoms with Crippen molar-refractivity contribution in [3.05, 3.63) is 92.7 Å². The summed E-state index contributed by atoms with van der Waals surface area (Å²) in [6, 6.07) is 14.4. The Balaban J connectivity index is 1.84. The van der Waals surface area contributed by atoms with Gasteiger partial charge in [0.1, 0.15) is 5.82 Å². The number of amides is 1. The van der Waals surface area contributed by atoms with Gasteiger partial charge in [-0.15, -0.1) is 0 Å². The largest absolute Gasteiger partial charge is 0.493 e. The topological polar surface area (TPSA) is 38.8 Å². The van der Waals surface area contributed by atoms with Gasteiger partial charge in [-0.05, 0) is 65.6 Å². The summed E-state index contributed by atoms with van der Waals surface area (Å²) < 4.78 is 24.6. The van der Waals surface area contributed by atoms with Gasteiger partial charge in [0.2, 0.25) is 0 Å². The molecule has 0 fully saturated rings. The quantitative estimate of drug-likeness (QED) is 0.484. The molecule has 31 heavy (non-hydrogen) atoms. The van der Waals surface area contributed by atoms with Crippen LogP contribution >= 0.6 is 23.2 Å². The number of rotatable bonds is 4. The number of nitrogens with zero attached hydrogens (tertiary/aromatic N) is 1. The van der Waals surface area contributed by atoms with Crippen molar-refractivity contribution in [1.82, 2.24) is 4.90 Å². The minimum Gasteiger partial charge on any atom is -0.493 e. The number of halogens is 3. The maximum Gasteiger partial charge on any atom is 0.254 e. The van der Waals surface area contributed by atoms with Crippen LogP contribution in [0.4, 0.5) is 4.39 Å². The van der Waals surface area contributed by atoms with Crippen molar-refractivity contribution in [1.29, 1.82) is 0 Å². The van der Waals surface area contributed by atoms with Crippen molar-refractivity contribution >= 4 is 29.1 Å². The first kappa shape index (κ1) is 21.5. The summed E-state index contributed by atoms with van der Waals surface area (Å²) in [5.74, 6) is 0.670. The van der Waals surface area contributed by atoms with E-state index in [4.69, 9.17) is 32.7 Å². The molecule has 4 rings (SSSR count). The minimum absolute atomic E-state index is 0.187. The number of carbonyl (C=O) groups excluding carboxylic acids is 1. The lowest BCUT2D eigenvalue weighted by Crippen LogP contribution is -2.40. The van der Waals surface area contributed by atoms with Crippen LogP contribution in [0.3, 0.4) is 0 Å². The van der Waals surface area contributed by atoms with E-state index < -0.39 is 6.04 Å². The van der Waals surface area contributed by atoms with E-state index in [1.807, 2.05) is 12.1 Å². The summed E-state index contributed by atoms with van der Waals surface area (Å²) in [5.41, 5.74) is 3.18. The maximum absolute atomic E-state index is 13.6. The smallest absolute Gasteiger partial charge is 0.254 e. The SMILES string of the molecule is COc1cc2c(cc1OC)C(c1ccc(F)cc1)N(C(=O)c1ccc(Cl)c(Cl)c1)CC2. The molecule has 3 aromatic carbocycles. The van der Waals surface area contributed by atoms with Crippen LogP contribution in [-0.4, -0.2) is 31.6 Å². The van der Waals surface area contributed by atoms with Crippen molar-refractivity contribution in [2.24, 2.45) is 0 Å². The maximum atomic E-state index is 13.6. The van der Waals surface area contributed by atoms with E-state index in [0.717, 1.165) is 16.7 Å². The van der Waals surface area contributed by atoms with E-state index in [2.05, 4.69) is 0 Å². The molecule has 160 valence electrons. The van der Waals surface area contributed by atoms with E-state index in [9.17, 15) is 9.18 Å². The number of fused-ring (bicyclic) bond motifs is 1. The van der Waals surface area contributed by atoms with E-state index in [0.29, 0.717) is 40.1 Å². The van der Waals surface area contributed by atoms with E-state index in [1.165, 1.54) is 12.1 Å². The molecule has 1 aliphatic heterocycles. The van der Waals surface area contributed by atoms with Gasteiger partial charge in [-0.2, -0.15) is 0 Å². The molecule has 0 bridgehead atoms. The van der Waals surface area contributed by atoms with Crippen LogP contribution in [0.1, 0.15) is 33.1 Å². The highest BCUT2D eigenvalue weighted by Gasteiger charge is 2.34. The van der Waals surface area contributed by atoms with Gasteiger partial charge >= 0.3 is 0 Å². The molecule has 1 unspecified atom stereocenters. The summed E-state index contributed by atoms with van der Waals surface area (Å²) in [6.45, 7) is 0.476. The van der Waals surface area contributed by atoms with Gasteiger partial charge in [-0.3, -0.25) is 4.79 Å². The van der Waals surface area contributed by atoms with Gasteiger partial charge in [-0.1, -0.05) is 35.3 Å². The Morgan fingerprint density at radius 1 is 0.968 bits per heavy atom. The van der Waals surface area contributed by atoms with Crippen LogP contribution in [0, 0.1) is 5.82 Å². The van der Waals surface area contributed by atoms with Crippen molar-refractivity contribution in [2.45, 2.75) is 12.5 Å². The molecule has 3 aromatic rings. The Kier molecular flexibility index (Phi) is 6.08. The van der Waals surface area contributed by atoms with Gasteiger partial charge in [0, 0.05) is 12.1 Å². The molecular formula is C24H20Cl2FNO3. The Hall–Kier alpha value is -2.76. The second-order valence-electron chi connectivity index (χ2n) is 7.24. The third-order valence-electron chi connectivity index (χ3n) is 5.49. The molecule has 0 radical (unpaired) electrons. The lowest BCUT2D eigenvalue weighted by atomic mass is 9.87. The summed E-state index contributed by atoms with van der Waals surface area (Å²) in [6.07, 6.45) is 0.639. The Labute approximate surface area is 190 Å². The number of methoxy groups -OCH3 is 2. The van der Waals surface area contributed by atoms with Gasteiger partial charge in [0.05, 0.1) is 30.3 Å². The van der Waals surface area contributed by atoms with Crippen LogP contribution in [0.5, 0.6) is 11.5 Å². The fourth-order valence-electron chi connectivity index (χ4n) is 3.96. The summed E-state index contributed by atoms with van der Waals surface area (Å²) >= 11 is 12.2. The molecule has 0 N–H and O–H groups in total. The number of hydrogen-bond donors (Lipinski definition) is 0. The third-order valence-corrected chi connectivity index (χ3v) is 6.23. The Bertz CT molecular complexity index is 1130. The molecule has 1 atom stereocenters. The average molecular weight is 460 g/mol. The Morgan fingerprint density at radius 2 is 1.65 bits per heavy atom. The summed E-state index contributed by atoms with van der Waals surface area (Å²) in [5, 5.41) is 0.698. The zero-order chi connectivity index (χ0) is 22.1. The lowest BCUT2D eigenvalue weighted by Gasteiger charge is -2.38. The first-order valence-corrected chi connectivity index (χ1v) is 10.4. The molecule has 7 heteroatoms. The normalized spacial score (nSPS) is 15.4. The molecule has 4 nitrogen and oxygen atoms in total. The minimum atomic E-state index is -0.425. The van der Waals surface area contributed by atoms with Crippen LogP contribution < -0.4 is 9.47 Å². The highest BCUT2D eigenvalue weighted by Crippen LogP contribution is 2.41. The van der Waals surface area contributed by atoms with E-state index >= 15 is 0 Å². The zero-order valence-electron chi connectivity index (χ0n) is 17.0. The fraction of sp³-hybridized carbons (Fsp3) is 0.208. The highest BCUT2D eigenvalue weighted by atomic mass is 35.5. The van der Waals surface area contributed by atoms with Crippen molar-refractivity contribution in [3.63, 3.8) is 0 Å². The monoisotopic (exact) mass is 459 g/mol. The van der Waals surface area contributed by atoms with Crippen LogP contribution in [0.25, 0.3) is 0 Å². The van der Waals surface area contributed by atoms with E-state index in [-0.39, 0.29) is 11.7 Å². The molecule has 0 spiro atoms. The second kappa shape index (κ2) is 8.77. The second-order valence-corrected chi connectivity index (χ2v) is 8.05. The van der Waals surface area contributed by atoms with Gasteiger partial charge in [-0.25, -0.2) is 4.39 Å². The van der Waals surface area contributed by atoms with Crippen LogP contribution in [0.2, 0.25) is 10.0 Å². The van der Waals surface area contributed by atoms with Crippen LogP contribution in [0.15, 0.2) is 54.6 Å². The molecule has 0 saturated heterocycles. The zero-order valence-corrected chi connectivity index (χ0v) is 18.5. The predicted molar refractivity (Wildman–Crippen MR) is 119 cm³/mol. The summed E-state index contributed by atoms with van der Waals surface area (Å²) in [7, 11) is 3.16. The number of benzene rings is 3. The third kappa shape index (κ3) is 4.08. The van der Waals surface area contributed by atoms with Crippen molar-refractivity contribution < 1.29 is 18.7 Å². The molecule has 1 heterocycles. The number of ether oxygens (including phenoxy) is 2. The lowest BCUT2D eigenvalue weighted by molar-refractivity contribution is 0.0694. The van der Waals surface area contributed by atoms with Crippen molar-refractivity contribution in [2.75, 3.05) is 20.8 Å². The standard InChI is InChI=1S/C24H20Cl2FNO3/c1-30-21-12-15-9-10-28(24(29)16-5-8-19(25)20(26)11-16)23(18(15)13-22(21)31-2)14-3-6-17(27)7-4-14/h3-8,11-13,23H,9-10H2,1-2H3. The van der Waals surface area contributed by atoms with E-state index in [1.54, 1.807) is 49.5 Å². The summed E-state index contributed by atoms with van der Waals surface area (Å²) in [4.78, 5) is 15.3. The number of carbonyl (C=O) groups is 1. The Morgan fingerprint density at radius 3 is 2.29 bits per heavy atom. The van der Waals surface area contributed by atoms with Crippen molar-refractivity contribution in [3.8, 4) is 11.5 Å². The molecule has 0 saturated carbocycles. The number of hydrogen-bond acceptors (Lipinski definition) is 3. The fourth-order valence-corrected chi connectivity index (χ4v) is 4.26. The van der Waals surface area contributed by atoms with Gasteiger partial charge in [0.15, 0.2) is 11.5 Å². The molecule has 1 amide bonds. The highest BCUT2D eigenvalue weighted by molar-refractivity contribution is 6.42. The molecular weight excluding hydrogens is 440 g/mol. The predicted octanol–water partition coefficient (Wildman–Crippen LogP) is 5.94. The van der Waals surface area contributed by atoms with Gasteiger partial charge in [0.25, 0.3) is 5.91 Å². The van der Waals surface area contributed by atoms with Crippen LogP contribution in [-0.2, 0) is 6.42 Å². The first-order chi connectivity index (χ1) is 14.9. The first-order valence-electron chi connectivity index (χ1n) is 9.69.